The zero-order valence-electron chi connectivity index (χ0n) is 17.3. The lowest BCUT2D eigenvalue weighted by atomic mass is 9.85. The molecule has 7 nitrogen and oxygen atoms in total. The fourth-order valence-corrected chi connectivity index (χ4v) is 4.04. The van der Waals surface area contributed by atoms with Gasteiger partial charge in [0, 0.05) is 24.1 Å². The number of ether oxygens (including phenoxy) is 3. The van der Waals surface area contributed by atoms with Crippen LogP contribution >= 0.6 is 0 Å². The van der Waals surface area contributed by atoms with E-state index in [4.69, 9.17) is 18.6 Å². The fraction of sp³-hybridized carbons (Fsp3) is 0.348. The van der Waals surface area contributed by atoms with Crippen LogP contribution in [0.5, 0.6) is 23.2 Å². The van der Waals surface area contributed by atoms with Gasteiger partial charge < -0.3 is 28.6 Å². The quantitative estimate of drug-likeness (QED) is 0.689. The minimum absolute atomic E-state index is 0.0673. The normalized spacial score (nSPS) is 19.6. The van der Waals surface area contributed by atoms with Gasteiger partial charge in [-0.05, 0) is 32.1 Å². The Morgan fingerprint density at radius 2 is 1.83 bits per heavy atom. The number of aliphatic hydroxyl groups excluding tert-OH is 1. The number of aliphatic hydroxyl groups is 1. The molecule has 30 heavy (non-hydrogen) atoms. The first kappa shape index (κ1) is 20.3. The second-order valence-electron chi connectivity index (χ2n) is 7.47. The van der Waals surface area contributed by atoms with Crippen molar-refractivity contribution in [2.45, 2.75) is 18.4 Å². The van der Waals surface area contributed by atoms with E-state index >= 15 is 0 Å². The summed E-state index contributed by atoms with van der Waals surface area (Å²) in [7, 11) is 5.01. The smallest absolute Gasteiger partial charge is 0.294 e. The average Bonchev–Trinajstić information content (AvgIpc) is 2.73. The van der Waals surface area contributed by atoms with Gasteiger partial charge in [-0.1, -0.05) is 18.2 Å². The Morgan fingerprint density at radius 1 is 1.10 bits per heavy atom. The number of methoxy groups -OCH3 is 2. The van der Waals surface area contributed by atoms with Crippen molar-refractivity contribution in [3.8, 4) is 23.2 Å². The van der Waals surface area contributed by atoms with Crippen molar-refractivity contribution in [2.75, 3.05) is 34.4 Å². The number of β-amino-alcohol motifs (C(OH)–C–C–N with tert-alkyl or cyclic N) is 1. The molecule has 1 fully saturated rings. The summed E-state index contributed by atoms with van der Waals surface area (Å²) in [5.74, 6) is 1.23. The molecule has 0 unspecified atom stereocenters. The number of likely N-dealkylation sites (N-methyl/N-ethyl adjacent to an activating group) is 1. The second-order valence-corrected chi connectivity index (χ2v) is 7.47. The summed E-state index contributed by atoms with van der Waals surface area (Å²) in [4.78, 5) is 15.1. The average molecular weight is 411 g/mol. The molecule has 1 aliphatic heterocycles. The van der Waals surface area contributed by atoms with E-state index in [1.54, 1.807) is 25.3 Å². The lowest BCUT2D eigenvalue weighted by Gasteiger charge is -2.34. The molecule has 4 rings (SSSR count). The Bertz CT molecular complexity index is 1090. The van der Waals surface area contributed by atoms with E-state index in [0.717, 1.165) is 6.54 Å². The molecule has 0 spiro atoms. The molecule has 2 heterocycles. The van der Waals surface area contributed by atoms with Crippen molar-refractivity contribution in [1.82, 2.24) is 4.90 Å². The zero-order chi connectivity index (χ0) is 21.3. The Morgan fingerprint density at radius 3 is 2.50 bits per heavy atom. The van der Waals surface area contributed by atoms with Crippen LogP contribution in [0.15, 0.2) is 51.7 Å². The van der Waals surface area contributed by atoms with Crippen LogP contribution in [-0.4, -0.2) is 50.5 Å². The van der Waals surface area contributed by atoms with Crippen LogP contribution in [0.4, 0.5) is 0 Å². The predicted octanol–water partition coefficient (Wildman–Crippen LogP) is 3.38. The van der Waals surface area contributed by atoms with E-state index in [1.807, 2.05) is 25.2 Å². The van der Waals surface area contributed by atoms with Crippen LogP contribution in [0, 0.1) is 0 Å². The molecule has 1 aliphatic rings. The maximum atomic E-state index is 13.0. The molecule has 1 saturated heterocycles. The third kappa shape index (κ3) is 3.74. The highest BCUT2D eigenvalue weighted by atomic mass is 16.6. The van der Waals surface area contributed by atoms with Crippen molar-refractivity contribution in [2.24, 2.45) is 0 Å². The predicted molar refractivity (Wildman–Crippen MR) is 113 cm³/mol. The molecule has 1 aromatic heterocycles. The van der Waals surface area contributed by atoms with Gasteiger partial charge in [-0.2, -0.15) is 0 Å². The molecular formula is C23H25NO6. The molecule has 2 atom stereocenters. The van der Waals surface area contributed by atoms with Crippen LogP contribution in [0.3, 0.4) is 0 Å². The highest BCUT2D eigenvalue weighted by Crippen LogP contribution is 2.43. The molecule has 0 amide bonds. The molecule has 7 heteroatoms. The maximum Gasteiger partial charge on any atom is 0.294 e. The van der Waals surface area contributed by atoms with Crippen molar-refractivity contribution in [1.29, 1.82) is 0 Å². The summed E-state index contributed by atoms with van der Waals surface area (Å²) in [6.45, 7) is 1.33. The molecule has 2 aromatic carbocycles. The fourth-order valence-electron chi connectivity index (χ4n) is 4.04. The van der Waals surface area contributed by atoms with Crippen molar-refractivity contribution in [3.63, 3.8) is 0 Å². The summed E-state index contributed by atoms with van der Waals surface area (Å²) in [5.41, 5.74) is 0.688. The summed E-state index contributed by atoms with van der Waals surface area (Å²) in [6, 6.07) is 12.1. The van der Waals surface area contributed by atoms with E-state index in [-0.39, 0.29) is 17.3 Å². The zero-order valence-corrected chi connectivity index (χ0v) is 17.3. The third-order valence-electron chi connectivity index (χ3n) is 5.50. The minimum Gasteiger partial charge on any atom is -0.496 e. The van der Waals surface area contributed by atoms with Gasteiger partial charge in [0.25, 0.3) is 5.95 Å². The lowest BCUT2D eigenvalue weighted by Crippen LogP contribution is -2.40. The monoisotopic (exact) mass is 411 g/mol. The van der Waals surface area contributed by atoms with Gasteiger partial charge in [0.15, 0.2) is 11.0 Å². The van der Waals surface area contributed by atoms with Crippen LogP contribution in [0.1, 0.15) is 17.9 Å². The molecule has 1 N–H and O–H groups in total. The maximum absolute atomic E-state index is 13.0. The molecule has 0 bridgehead atoms. The van der Waals surface area contributed by atoms with E-state index in [9.17, 15) is 9.90 Å². The van der Waals surface area contributed by atoms with Gasteiger partial charge in [0.1, 0.15) is 22.6 Å². The third-order valence-corrected chi connectivity index (χ3v) is 5.50. The Kier molecular flexibility index (Phi) is 5.65. The minimum atomic E-state index is -0.627. The topological polar surface area (TPSA) is 81.4 Å². The summed E-state index contributed by atoms with van der Waals surface area (Å²) < 4.78 is 22.9. The molecule has 0 aliphatic carbocycles. The van der Waals surface area contributed by atoms with E-state index in [2.05, 4.69) is 4.90 Å². The lowest BCUT2D eigenvalue weighted by molar-refractivity contribution is 0.0630. The standard InChI is InChI=1S/C23H25NO6/c1-24-10-9-15(17(26)13-24)21-18(27-2)12-19(28-3)22-16(25)11-20(30-23(21)22)29-14-7-5-4-6-8-14/h4-8,11-12,15,17,26H,9-10,13H2,1-3H3/t15-,17+/m1/s1. The van der Waals surface area contributed by atoms with Crippen molar-refractivity contribution >= 4 is 11.0 Å². The number of nitrogens with zero attached hydrogens (tertiary/aromatic N) is 1. The second kappa shape index (κ2) is 8.38. The number of hydrogen-bond acceptors (Lipinski definition) is 7. The van der Waals surface area contributed by atoms with Crippen LogP contribution in [-0.2, 0) is 0 Å². The van der Waals surface area contributed by atoms with Crippen LogP contribution in [0.25, 0.3) is 11.0 Å². The summed E-state index contributed by atoms with van der Waals surface area (Å²) >= 11 is 0. The highest BCUT2D eigenvalue weighted by molar-refractivity contribution is 5.89. The van der Waals surface area contributed by atoms with Gasteiger partial charge in [0.2, 0.25) is 0 Å². The number of hydrogen-bond donors (Lipinski definition) is 1. The van der Waals surface area contributed by atoms with E-state index < -0.39 is 6.10 Å². The number of fused-ring (bicyclic) bond motifs is 1. The Labute approximate surface area is 174 Å². The first-order valence-electron chi connectivity index (χ1n) is 9.84. The van der Waals surface area contributed by atoms with Gasteiger partial charge >= 0.3 is 0 Å². The summed E-state index contributed by atoms with van der Waals surface area (Å²) in [5, 5.41) is 11.1. The number of rotatable bonds is 5. The van der Waals surface area contributed by atoms with Gasteiger partial charge in [-0.3, -0.25) is 4.79 Å². The van der Waals surface area contributed by atoms with E-state index in [0.29, 0.717) is 46.7 Å². The summed E-state index contributed by atoms with van der Waals surface area (Å²) in [6.07, 6.45) is 0.0707. The highest BCUT2D eigenvalue weighted by Gasteiger charge is 2.33. The van der Waals surface area contributed by atoms with Crippen LogP contribution in [0.2, 0.25) is 0 Å². The molecule has 0 saturated carbocycles. The number of piperidine rings is 1. The number of para-hydroxylation sites is 1. The number of likely N-dealkylation sites (tertiary alicyclic amines) is 1. The van der Waals surface area contributed by atoms with Gasteiger partial charge in [0.05, 0.1) is 26.4 Å². The molecule has 3 aromatic rings. The molecular weight excluding hydrogens is 386 g/mol. The first-order chi connectivity index (χ1) is 14.5. The molecule has 0 radical (unpaired) electrons. The van der Waals surface area contributed by atoms with Gasteiger partial charge in [-0.25, -0.2) is 0 Å². The number of benzene rings is 2. The Hall–Kier alpha value is -3.03. The first-order valence-corrected chi connectivity index (χ1v) is 9.84. The SMILES string of the molecule is COc1cc(OC)c2c(=O)cc(Oc3ccccc3)oc2c1[C@@H]1CCN(C)C[C@@H]1O. The van der Waals surface area contributed by atoms with Crippen molar-refractivity contribution in [3.05, 3.63) is 58.3 Å². The largest absolute Gasteiger partial charge is 0.496 e. The van der Waals surface area contributed by atoms with E-state index in [1.165, 1.54) is 13.2 Å². The van der Waals surface area contributed by atoms with Gasteiger partial charge in [-0.15, -0.1) is 0 Å². The Balaban J connectivity index is 1.93. The van der Waals surface area contributed by atoms with Crippen molar-refractivity contribution < 1.29 is 23.7 Å². The molecule has 158 valence electrons. The van der Waals surface area contributed by atoms with Crippen LogP contribution < -0.4 is 19.6 Å².